The molecule has 0 bridgehead atoms. The lowest BCUT2D eigenvalue weighted by molar-refractivity contribution is -0.136. The molecular weight excluding hydrogens is 330 g/mol. The van der Waals surface area contributed by atoms with Gasteiger partial charge in [0.1, 0.15) is 0 Å². The number of ether oxygens (including phenoxy) is 1. The van der Waals surface area contributed by atoms with Crippen LogP contribution in [-0.4, -0.2) is 62.9 Å². The molecule has 0 radical (unpaired) electrons. The van der Waals surface area contributed by atoms with Crippen LogP contribution in [0.25, 0.3) is 0 Å². The molecule has 2 fully saturated rings. The summed E-state index contributed by atoms with van der Waals surface area (Å²) in [7, 11) is -3.59. The highest BCUT2D eigenvalue weighted by Gasteiger charge is 2.33. The fraction of sp³-hybridized carbons (Fsp3) is 0.500. The zero-order valence-electron chi connectivity index (χ0n) is 13.2. The minimum atomic E-state index is -3.59. The summed E-state index contributed by atoms with van der Waals surface area (Å²) in [4.78, 5) is 14.2. The Kier molecular flexibility index (Phi) is 4.85. The van der Waals surface area contributed by atoms with Crippen molar-refractivity contribution >= 4 is 15.9 Å². The number of rotatable bonds is 3. The van der Waals surface area contributed by atoms with Gasteiger partial charge in [-0.25, -0.2) is 8.42 Å². The van der Waals surface area contributed by atoms with E-state index < -0.39 is 10.0 Å². The van der Waals surface area contributed by atoms with Crippen LogP contribution in [0.3, 0.4) is 0 Å². The summed E-state index contributed by atoms with van der Waals surface area (Å²) in [5.74, 6) is -0.0328. The molecule has 2 aliphatic rings. The van der Waals surface area contributed by atoms with Crippen LogP contribution in [0.4, 0.5) is 0 Å². The first kappa shape index (κ1) is 16.9. The zero-order valence-corrected chi connectivity index (χ0v) is 14.0. The van der Waals surface area contributed by atoms with E-state index in [2.05, 4.69) is 0 Å². The van der Waals surface area contributed by atoms with E-state index in [9.17, 15) is 13.2 Å². The molecule has 0 spiro atoms. The van der Waals surface area contributed by atoms with Crippen LogP contribution in [0.1, 0.15) is 12.0 Å². The fourth-order valence-corrected chi connectivity index (χ4v) is 4.41. The Balaban J connectivity index is 1.64. The lowest BCUT2D eigenvalue weighted by Crippen LogP contribution is -2.51. The van der Waals surface area contributed by atoms with Gasteiger partial charge in [0.05, 0.1) is 29.1 Å². The Labute approximate surface area is 141 Å². The normalized spacial score (nSPS) is 22.3. The second kappa shape index (κ2) is 6.89. The van der Waals surface area contributed by atoms with Crippen LogP contribution >= 0.6 is 0 Å². The Bertz CT molecular complexity index is 741. The number of benzene rings is 1. The van der Waals surface area contributed by atoms with Gasteiger partial charge in [0.2, 0.25) is 15.9 Å². The third kappa shape index (κ3) is 3.29. The number of hydrogen-bond acceptors (Lipinski definition) is 5. The molecule has 0 aliphatic carbocycles. The van der Waals surface area contributed by atoms with Gasteiger partial charge in [-0.15, -0.1) is 0 Å². The van der Waals surface area contributed by atoms with Crippen molar-refractivity contribution in [3.8, 4) is 6.07 Å². The van der Waals surface area contributed by atoms with Crippen molar-refractivity contribution in [1.82, 2.24) is 9.21 Å². The highest BCUT2D eigenvalue weighted by Crippen LogP contribution is 2.21. The monoisotopic (exact) mass is 349 g/mol. The Hall–Kier alpha value is -1.95. The fourth-order valence-electron chi connectivity index (χ4n) is 2.99. The van der Waals surface area contributed by atoms with Crippen LogP contribution in [-0.2, 0) is 19.6 Å². The molecule has 2 saturated heterocycles. The van der Waals surface area contributed by atoms with E-state index in [1.165, 1.54) is 28.6 Å². The third-order valence-electron chi connectivity index (χ3n) is 4.45. The molecule has 1 amide bonds. The van der Waals surface area contributed by atoms with E-state index in [-0.39, 0.29) is 29.8 Å². The van der Waals surface area contributed by atoms with Gasteiger partial charge in [-0.1, -0.05) is 0 Å². The molecule has 1 atom stereocenters. The molecule has 0 aromatic heterocycles. The van der Waals surface area contributed by atoms with Crippen LogP contribution < -0.4 is 0 Å². The van der Waals surface area contributed by atoms with Crippen molar-refractivity contribution in [2.24, 2.45) is 5.92 Å². The second-order valence-electron chi connectivity index (χ2n) is 5.93. The van der Waals surface area contributed by atoms with Crippen LogP contribution in [0.15, 0.2) is 29.2 Å². The van der Waals surface area contributed by atoms with Gasteiger partial charge in [0.15, 0.2) is 0 Å². The first-order chi connectivity index (χ1) is 11.5. The number of piperazine rings is 1. The molecule has 1 aromatic carbocycles. The Morgan fingerprint density at radius 2 is 1.83 bits per heavy atom. The summed E-state index contributed by atoms with van der Waals surface area (Å²) in [6.45, 7) is 2.42. The summed E-state index contributed by atoms with van der Waals surface area (Å²) >= 11 is 0. The SMILES string of the molecule is N#Cc1ccc(S(=O)(=O)N2CCN(C(=O)C3CCOC3)CC2)cc1. The lowest BCUT2D eigenvalue weighted by Gasteiger charge is -2.35. The van der Waals surface area contributed by atoms with Crippen molar-refractivity contribution in [3.63, 3.8) is 0 Å². The molecule has 1 aromatic rings. The number of carbonyl (C=O) groups excluding carboxylic acids is 1. The molecular formula is C16H19N3O4S. The number of nitriles is 1. The molecule has 0 N–H and O–H groups in total. The van der Waals surface area contributed by atoms with Gasteiger partial charge >= 0.3 is 0 Å². The largest absolute Gasteiger partial charge is 0.381 e. The highest BCUT2D eigenvalue weighted by molar-refractivity contribution is 7.89. The van der Waals surface area contributed by atoms with Gasteiger partial charge in [-0.3, -0.25) is 4.79 Å². The van der Waals surface area contributed by atoms with E-state index in [0.29, 0.717) is 31.9 Å². The molecule has 2 heterocycles. The highest BCUT2D eigenvalue weighted by atomic mass is 32.2. The van der Waals surface area contributed by atoms with Gasteiger partial charge in [0.25, 0.3) is 0 Å². The number of nitrogens with zero attached hydrogens (tertiary/aromatic N) is 3. The van der Waals surface area contributed by atoms with Crippen molar-refractivity contribution in [2.75, 3.05) is 39.4 Å². The summed E-state index contributed by atoms with van der Waals surface area (Å²) < 4.78 is 31.9. The maximum Gasteiger partial charge on any atom is 0.243 e. The van der Waals surface area contributed by atoms with Crippen molar-refractivity contribution < 1.29 is 17.9 Å². The maximum absolute atomic E-state index is 12.6. The van der Waals surface area contributed by atoms with Crippen molar-refractivity contribution in [1.29, 1.82) is 5.26 Å². The van der Waals surface area contributed by atoms with E-state index in [1.807, 2.05) is 6.07 Å². The van der Waals surface area contributed by atoms with Gasteiger partial charge in [-0.2, -0.15) is 9.57 Å². The van der Waals surface area contributed by atoms with Gasteiger partial charge in [0, 0.05) is 32.8 Å². The second-order valence-corrected chi connectivity index (χ2v) is 7.86. The molecule has 7 nitrogen and oxygen atoms in total. The summed E-state index contributed by atoms with van der Waals surface area (Å²) in [5.41, 5.74) is 0.420. The molecule has 1 unspecified atom stereocenters. The summed E-state index contributed by atoms with van der Waals surface area (Å²) in [6, 6.07) is 7.84. The van der Waals surface area contributed by atoms with Crippen LogP contribution in [0.5, 0.6) is 0 Å². The Morgan fingerprint density at radius 1 is 1.17 bits per heavy atom. The average molecular weight is 349 g/mol. The lowest BCUT2D eigenvalue weighted by atomic mass is 10.1. The van der Waals surface area contributed by atoms with Crippen LogP contribution in [0.2, 0.25) is 0 Å². The minimum absolute atomic E-state index is 0.0583. The van der Waals surface area contributed by atoms with E-state index in [0.717, 1.165) is 6.42 Å². The summed E-state index contributed by atoms with van der Waals surface area (Å²) in [6.07, 6.45) is 0.739. The van der Waals surface area contributed by atoms with Crippen molar-refractivity contribution in [2.45, 2.75) is 11.3 Å². The smallest absolute Gasteiger partial charge is 0.243 e. The van der Waals surface area contributed by atoms with E-state index >= 15 is 0 Å². The minimum Gasteiger partial charge on any atom is -0.381 e. The Morgan fingerprint density at radius 3 is 2.38 bits per heavy atom. The van der Waals surface area contributed by atoms with Crippen LogP contribution in [0, 0.1) is 17.2 Å². The first-order valence-corrected chi connectivity index (χ1v) is 9.33. The van der Waals surface area contributed by atoms with E-state index in [4.69, 9.17) is 10.00 Å². The zero-order chi connectivity index (χ0) is 17.2. The molecule has 0 saturated carbocycles. The quantitative estimate of drug-likeness (QED) is 0.789. The molecule has 128 valence electrons. The number of carbonyl (C=O) groups is 1. The first-order valence-electron chi connectivity index (χ1n) is 7.89. The average Bonchev–Trinajstić information content (AvgIpc) is 3.16. The predicted octanol–water partition coefficient (Wildman–Crippen LogP) is 0.428. The molecule has 24 heavy (non-hydrogen) atoms. The molecule has 8 heteroatoms. The topological polar surface area (TPSA) is 90.7 Å². The standard InChI is InChI=1S/C16H19N3O4S/c17-11-13-1-3-15(4-2-13)24(21,22)19-8-6-18(7-9-19)16(20)14-5-10-23-12-14/h1-4,14H,5-10,12H2. The third-order valence-corrected chi connectivity index (χ3v) is 6.36. The van der Waals surface area contributed by atoms with E-state index in [1.54, 1.807) is 4.90 Å². The maximum atomic E-state index is 12.6. The number of hydrogen-bond donors (Lipinski definition) is 0. The summed E-state index contributed by atoms with van der Waals surface area (Å²) in [5, 5.41) is 8.79. The molecule has 2 aliphatic heterocycles. The van der Waals surface area contributed by atoms with Gasteiger partial charge < -0.3 is 9.64 Å². The van der Waals surface area contributed by atoms with Crippen molar-refractivity contribution in [3.05, 3.63) is 29.8 Å². The number of amides is 1. The van der Waals surface area contributed by atoms with Gasteiger partial charge in [-0.05, 0) is 30.7 Å². The predicted molar refractivity (Wildman–Crippen MR) is 85.4 cm³/mol. The molecule has 3 rings (SSSR count). The number of sulfonamides is 1.